The average Bonchev–Trinajstić information content (AvgIpc) is 3.22. The van der Waals surface area contributed by atoms with Crippen LogP contribution in [0.25, 0.3) is 0 Å². The number of aliphatic carboxylic acids is 1. The summed E-state index contributed by atoms with van der Waals surface area (Å²) < 4.78 is 26.5. The van der Waals surface area contributed by atoms with Crippen LogP contribution >= 0.6 is 0 Å². The number of carbonyl (C=O) groups is 2. The molecule has 7 nitrogen and oxygen atoms in total. The Hall–Kier alpha value is -1.93. The minimum Gasteiger partial charge on any atom is -0.480 e. The molecule has 8 heteroatoms. The van der Waals surface area contributed by atoms with E-state index in [1.165, 1.54) is 33.5 Å². The molecule has 1 aromatic rings. The molecular formula is C19H26N2O5S. The summed E-state index contributed by atoms with van der Waals surface area (Å²) in [5.41, 5.74) is 0.319. The molecule has 2 aliphatic rings. The van der Waals surface area contributed by atoms with Crippen LogP contribution in [0.2, 0.25) is 0 Å². The zero-order valence-corrected chi connectivity index (χ0v) is 16.5. The summed E-state index contributed by atoms with van der Waals surface area (Å²) in [6.07, 6.45) is 2.81. The Balaban J connectivity index is 1.83. The van der Waals surface area contributed by atoms with Crippen molar-refractivity contribution in [3.63, 3.8) is 0 Å². The minimum absolute atomic E-state index is 0.0220. The van der Waals surface area contributed by atoms with Crippen molar-refractivity contribution < 1.29 is 23.1 Å². The first-order chi connectivity index (χ1) is 12.8. The molecule has 2 fully saturated rings. The van der Waals surface area contributed by atoms with Gasteiger partial charge in [-0.25, -0.2) is 13.2 Å². The van der Waals surface area contributed by atoms with Crippen LogP contribution in [0.5, 0.6) is 0 Å². The number of benzene rings is 1. The molecule has 1 aromatic carbocycles. The summed E-state index contributed by atoms with van der Waals surface area (Å²) in [6, 6.07) is 5.02. The van der Waals surface area contributed by atoms with E-state index in [4.69, 9.17) is 0 Å². The van der Waals surface area contributed by atoms with Crippen LogP contribution in [0, 0.1) is 11.8 Å². The van der Waals surface area contributed by atoms with Gasteiger partial charge in [0.2, 0.25) is 10.0 Å². The standard InChI is InChI=1S/C19H26N2O5S/c1-3-20(4-2)27(25,26)15-10-8-13(9-11-15)18(22)21-12-14-6-5-7-16(14)17(21)19(23)24/h8-11,14,16-17H,3-7,12H2,1-2H3,(H,23,24). The van der Waals surface area contributed by atoms with Crippen molar-refractivity contribution in [1.82, 2.24) is 9.21 Å². The number of sulfonamides is 1. The number of hydrogen-bond donors (Lipinski definition) is 1. The first-order valence-electron chi connectivity index (χ1n) is 9.45. The Morgan fingerprint density at radius 1 is 1.15 bits per heavy atom. The number of nitrogens with zero attached hydrogens (tertiary/aromatic N) is 2. The van der Waals surface area contributed by atoms with Crippen molar-refractivity contribution in [3.05, 3.63) is 29.8 Å². The Bertz CT molecular complexity index is 817. The number of likely N-dealkylation sites (tertiary alicyclic amines) is 1. The molecule has 3 rings (SSSR count). The largest absolute Gasteiger partial charge is 0.480 e. The maximum Gasteiger partial charge on any atom is 0.326 e. The molecule has 148 valence electrons. The fourth-order valence-corrected chi connectivity index (χ4v) is 5.94. The molecule has 0 spiro atoms. The summed E-state index contributed by atoms with van der Waals surface area (Å²) in [4.78, 5) is 26.2. The third-order valence-corrected chi connectivity index (χ3v) is 7.91. The normalized spacial score (nSPS) is 25.0. The summed E-state index contributed by atoms with van der Waals surface area (Å²) in [7, 11) is -3.58. The lowest BCUT2D eigenvalue weighted by molar-refractivity contribution is -0.142. The molecule has 1 saturated heterocycles. The fourth-order valence-electron chi connectivity index (χ4n) is 4.48. The van der Waals surface area contributed by atoms with Gasteiger partial charge in [0.15, 0.2) is 0 Å². The number of amides is 1. The molecule has 1 saturated carbocycles. The second-order valence-corrected chi connectivity index (χ2v) is 9.15. The third-order valence-electron chi connectivity index (χ3n) is 5.85. The monoisotopic (exact) mass is 394 g/mol. The maximum absolute atomic E-state index is 12.9. The Kier molecular flexibility index (Phi) is 5.58. The van der Waals surface area contributed by atoms with Crippen molar-refractivity contribution in [2.75, 3.05) is 19.6 Å². The third kappa shape index (κ3) is 3.48. The molecule has 0 radical (unpaired) electrons. The highest BCUT2D eigenvalue weighted by molar-refractivity contribution is 7.89. The number of fused-ring (bicyclic) bond motifs is 1. The molecule has 0 aromatic heterocycles. The van der Waals surface area contributed by atoms with Gasteiger partial charge >= 0.3 is 5.97 Å². The smallest absolute Gasteiger partial charge is 0.326 e. The van der Waals surface area contributed by atoms with Crippen LogP contribution in [-0.2, 0) is 14.8 Å². The number of rotatable bonds is 6. The molecule has 1 amide bonds. The van der Waals surface area contributed by atoms with E-state index in [-0.39, 0.29) is 22.6 Å². The molecule has 1 aliphatic carbocycles. The van der Waals surface area contributed by atoms with Crippen LogP contribution in [0.3, 0.4) is 0 Å². The highest BCUT2D eigenvalue weighted by Crippen LogP contribution is 2.42. The van der Waals surface area contributed by atoms with E-state index in [1.807, 2.05) is 0 Å². The van der Waals surface area contributed by atoms with E-state index in [1.54, 1.807) is 13.8 Å². The Labute approximate surface area is 160 Å². The fraction of sp³-hybridized carbons (Fsp3) is 0.579. The van der Waals surface area contributed by atoms with Gasteiger partial charge in [0.25, 0.3) is 5.91 Å². The SMILES string of the molecule is CCN(CC)S(=O)(=O)c1ccc(C(=O)N2CC3CCCC3C2C(=O)O)cc1. The topological polar surface area (TPSA) is 95.0 Å². The quantitative estimate of drug-likeness (QED) is 0.797. The van der Waals surface area contributed by atoms with E-state index >= 15 is 0 Å². The second-order valence-electron chi connectivity index (χ2n) is 7.21. The van der Waals surface area contributed by atoms with Gasteiger partial charge in [0, 0.05) is 25.2 Å². The highest BCUT2D eigenvalue weighted by Gasteiger charge is 2.49. The van der Waals surface area contributed by atoms with Gasteiger partial charge in [-0.2, -0.15) is 4.31 Å². The summed E-state index contributed by atoms with van der Waals surface area (Å²) in [5.74, 6) is -1.03. The van der Waals surface area contributed by atoms with Crippen LogP contribution in [0.4, 0.5) is 0 Å². The van der Waals surface area contributed by atoms with Crippen molar-refractivity contribution >= 4 is 21.9 Å². The lowest BCUT2D eigenvalue weighted by Crippen LogP contribution is -2.43. The molecule has 1 N–H and O–H groups in total. The van der Waals surface area contributed by atoms with E-state index in [0.29, 0.717) is 25.2 Å². The summed E-state index contributed by atoms with van der Waals surface area (Å²) >= 11 is 0. The predicted octanol–water partition coefficient (Wildman–Crippen LogP) is 2.04. The number of carbonyl (C=O) groups excluding carboxylic acids is 1. The van der Waals surface area contributed by atoms with Crippen molar-refractivity contribution in [3.8, 4) is 0 Å². The van der Waals surface area contributed by atoms with Gasteiger partial charge < -0.3 is 10.0 Å². The Morgan fingerprint density at radius 2 is 1.78 bits per heavy atom. The van der Waals surface area contributed by atoms with Gasteiger partial charge in [-0.05, 0) is 48.9 Å². The number of carboxylic acids is 1. The van der Waals surface area contributed by atoms with Crippen LogP contribution in [-0.4, -0.2) is 60.3 Å². The minimum atomic E-state index is -3.58. The molecule has 1 heterocycles. The molecule has 3 unspecified atom stereocenters. The first kappa shape index (κ1) is 19.8. The predicted molar refractivity (Wildman–Crippen MR) is 99.8 cm³/mol. The molecule has 3 atom stereocenters. The van der Waals surface area contributed by atoms with Crippen molar-refractivity contribution in [1.29, 1.82) is 0 Å². The van der Waals surface area contributed by atoms with Gasteiger partial charge in [-0.3, -0.25) is 4.79 Å². The van der Waals surface area contributed by atoms with Gasteiger partial charge in [-0.15, -0.1) is 0 Å². The number of carboxylic acid groups (broad SMARTS) is 1. The van der Waals surface area contributed by atoms with E-state index in [9.17, 15) is 23.1 Å². The van der Waals surface area contributed by atoms with E-state index in [0.717, 1.165) is 19.3 Å². The average molecular weight is 394 g/mol. The van der Waals surface area contributed by atoms with Gasteiger partial charge in [0.1, 0.15) is 6.04 Å². The zero-order valence-electron chi connectivity index (χ0n) is 15.7. The molecular weight excluding hydrogens is 368 g/mol. The highest BCUT2D eigenvalue weighted by atomic mass is 32.2. The molecule has 1 aliphatic heterocycles. The first-order valence-corrected chi connectivity index (χ1v) is 10.9. The zero-order chi connectivity index (χ0) is 19.8. The summed E-state index contributed by atoms with van der Waals surface area (Å²) in [5, 5.41) is 9.61. The van der Waals surface area contributed by atoms with Crippen LogP contribution in [0.15, 0.2) is 29.2 Å². The van der Waals surface area contributed by atoms with Gasteiger partial charge in [-0.1, -0.05) is 20.3 Å². The van der Waals surface area contributed by atoms with Crippen LogP contribution in [0.1, 0.15) is 43.5 Å². The van der Waals surface area contributed by atoms with Crippen LogP contribution < -0.4 is 0 Å². The van der Waals surface area contributed by atoms with E-state index < -0.39 is 22.0 Å². The van der Waals surface area contributed by atoms with Gasteiger partial charge in [0.05, 0.1) is 4.90 Å². The van der Waals surface area contributed by atoms with Crippen molar-refractivity contribution in [2.24, 2.45) is 11.8 Å². The maximum atomic E-state index is 12.9. The summed E-state index contributed by atoms with van der Waals surface area (Å²) in [6.45, 7) is 4.75. The second kappa shape index (κ2) is 7.59. The van der Waals surface area contributed by atoms with Crippen molar-refractivity contribution in [2.45, 2.75) is 44.0 Å². The molecule has 0 bridgehead atoms. The van der Waals surface area contributed by atoms with E-state index in [2.05, 4.69) is 0 Å². The Morgan fingerprint density at radius 3 is 2.33 bits per heavy atom. The number of hydrogen-bond acceptors (Lipinski definition) is 4. The molecule has 27 heavy (non-hydrogen) atoms. The lowest BCUT2D eigenvalue weighted by atomic mass is 9.94. The lowest BCUT2D eigenvalue weighted by Gasteiger charge is -2.24.